The molecule has 0 fully saturated rings. The van der Waals surface area contributed by atoms with E-state index in [-0.39, 0.29) is 0 Å². The quantitative estimate of drug-likeness (QED) is 0.619. The number of methoxy groups -OCH3 is 1. The highest BCUT2D eigenvalue weighted by Crippen LogP contribution is 2.33. The van der Waals surface area contributed by atoms with E-state index in [2.05, 4.69) is 0 Å². The van der Waals surface area contributed by atoms with E-state index < -0.39 is 0 Å². The zero-order chi connectivity index (χ0) is 13.1. The molecule has 1 aliphatic rings. The third kappa shape index (κ3) is 2.40. The van der Waals surface area contributed by atoms with Crippen molar-refractivity contribution in [1.82, 2.24) is 0 Å². The second-order valence-corrected chi connectivity index (χ2v) is 4.19. The summed E-state index contributed by atoms with van der Waals surface area (Å²) in [6.45, 7) is 0.290. The first-order valence-electron chi connectivity index (χ1n) is 6.07. The molecule has 3 rings (SSSR count). The fraction of sp³-hybridized carbons (Fsp3) is 0.125. The Balaban J connectivity index is 1.95. The summed E-state index contributed by atoms with van der Waals surface area (Å²) in [5.41, 5.74) is 2.06. The molecular weight excluding hydrogens is 240 g/mol. The molecule has 96 valence electrons. The molecule has 1 heterocycles. The molecule has 0 N–H and O–H groups in total. The van der Waals surface area contributed by atoms with Crippen molar-refractivity contribution >= 4 is 11.8 Å². The van der Waals surface area contributed by atoms with E-state index >= 15 is 0 Å². The highest BCUT2D eigenvalue weighted by molar-refractivity contribution is 5.78. The Bertz CT molecular complexity index is 603. The largest absolute Gasteiger partial charge is 0.496 e. The smallest absolute Gasteiger partial charge is 0.231 e. The molecule has 3 heteroatoms. The fourth-order valence-electron chi connectivity index (χ4n) is 2.02. The molecule has 2 aromatic rings. The first-order chi connectivity index (χ1) is 9.36. The van der Waals surface area contributed by atoms with Gasteiger partial charge in [-0.15, -0.1) is 0 Å². The predicted octanol–water partition coefficient (Wildman–Crippen LogP) is 3.56. The van der Waals surface area contributed by atoms with Crippen molar-refractivity contribution in [3.63, 3.8) is 0 Å². The van der Waals surface area contributed by atoms with Crippen molar-refractivity contribution in [2.45, 2.75) is 0 Å². The van der Waals surface area contributed by atoms with E-state index in [0.717, 1.165) is 28.4 Å². The minimum Gasteiger partial charge on any atom is -0.496 e. The first kappa shape index (κ1) is 11.7. The molecule has 0 radical (unpaired) electrons. The van der Waals surface area contributed by atoms with Gasteiger partial charge in [0.25, 0.3) is 0 Å². The minimum absolute atomic E-state index is 0.290. The molecule has 0 bridgehead atoms. The van der Waals surface area contributed by atoms with Gasteiger partial charge in [-0.05, 0) is 23.8 Å². The van der Waals surface area contributed by atoms with E-state index in [1.165, 1.54) is 0 Å². The number of ether oxygens (including phenoxy) is 3. The summed E-state index contributed by atoms with van der Waals surface area (Å²) in [5, 5.41) is 0. The number of fused-ring (bicyclic) bond motifs is 1. The lowest BCUT2D eigenvalue weighted by atomic mass is 10.1. The van der Waals surface area contributed by atoms with Crippen LogP contribution in [0, 0.1) is 0 Å². The Morgan fingerprint density at radius 1 is 1.05 bits per heavy atom. The average Bonchev–Trinajstić information content (AvgIpc) is 2.93. The van der Waals surface area contributed by atoms with Crippen molar-refractivity contribution < 1.29 is 14.2 Å². The van der Waals surface area contributed by atoms with Gasteiger partial charge < -0.3 is 14.2 Å². The average molecular weight is 254 g/mol. The van der Waals surface area contributed by atoms with Crippen LogP contribution in [0.25, 0.3) is 11.8 Å². The summed E-state index contributed by atoms with van der Waals surface area (Å²) < 4.78 is 16.1. The molecule has 0 saturated heterocycles. The van der Waals surface area contributed by atoms with Gasteiger partial charge in [-0.3, -0.25) is 0 Å². The molecule has 2 aromatic carbocycles. The van der Waals surface area contributed by atoms with E-state index in [4.69, 9.17) is 14.2 Å². The second kappa shape index (κ2) is 5.06. The van der Waals surface area contributed by atoms with Gasteiger partial charge in [0.15, 0.2) is 11.5 Å². The van der Waals surface area contributed by atoms with Gasteiger partial charge in [-0.25, -0.2) is 0 Å². The van der Waals surface area contributed by atoms with Crippen LogP contribution in [0.3, 0.4) is 0 Å². The minimum atomic E-state index is 0.290. The van der Waals surface area contributed by atoms with Crippen LogP contribution < -0.4 is 9.47 Å². The van der Waals surface area contributed by atoms with Crippen LogP contribution in [0.2, 0.25) is 0 Å². The molecular formula is C16H14O3. The van der Waals surface area contributed by atoms with Crippen molar-refractivity contribution in [1.29, 1.82) is 0 Å². The molecule has 3 nitrogen and oxygen atoms in total. The van der Waals surface area contributed by atoms with E-state index in [1.54, 1.807) is 7.11 Å². The summed E-state index contributed by atoms with van der Waals surface area (Å²) in [5.74, 6) is 2.38. The first-order valence-corrected chi connectivity index (χ1v) is 6.07. The lowest BCUT2D eigenvalue weighted by Gasteiger charge is -2.06. The lowest BCUT2D eigenvalue weighted by molar-refractivity contribution is 0.174. The van der Waals surface area contributed by atoms with Crippen molar-refractivity contribution in [3.05, 3.63) is 59.7 Å². The molecule has 0 saturated carbocycles. The van der Waals surface area contributed by atoms with E-state index in [0.29, 0.717) is 6.79 Å². The topological polar surface area (TPSA) is 27.7 Å². The zero-order valence-electron chi connectivity index (χ0n) is 10.6. The van der Waals surface area contributed by atoms with Gasteiger partial charge >= 0.3 is 0 Å². The maximum absolute atomic E-state index is 5.45. The zero-order valence-corrected chi connectivity index (χ0v) is 10.6. The summed E-state index contributed by atoms with van der Waals surface area (Å²) in [7, 11) is 1.67. The van der Waals surface area contributed by atoms with Crippen molar-refractivity contribution in [2.75, 3.05) is 13.9 Å². The van der Waals surface area contributed by atoms with Crippen LogP contribution in [0.15, 0.2) is 48.5 Å². The molecule has 1 aliphatic heterocycles. The van der Waals surface area contributed by atoms with Crippen molar-refractivity contribution in [3.8, 4) is 11.5 Å². The van der Waals surface area contributed by atoms with Gasteiger partial charge in [0, 0.05) is 5.56 Å². The molecule has 0 amide bonds. The SMILES string of the molecule is CO/C(=C/c1ccc2c(c1)OCO2)c1ccccc1. The molecule has 0 aliphatic carbocycles. The summed E-state index contributed by atoms with van der Waals surface area (Å²) in [4.78, 5) is 0. The third-order valence-corrected chi connectivity index (χ3v) is 2.97. The number of hydrogen-bond donors (Lipinski definition) is 0. The summed E-state index contributed by atoms with van der Waals surface area (Å²) in [6.07, 6.45) is 1.98. The van der Waals surface area contributed by atoms with Crippen LogP contribution >= 0.6 is 0 Å². The predicted molar refractivity (Wildman–Crippen MR) is 73.9 cm³/mol. The van der Waals surface area contributed by atoms with Crippen LogP contribution in [-0.4, -0.2) is 13.9 Å². The standard InChI is InChI=1S/C16H14O3/c1-17-15(13-5-3-2-4-6-13)9-12-7-8-14-16(10-12)19-11-18-14/h2-10H,11H2,1H3/b15-9+. The van der Waals surface area contributed by atoms with Gasteiger partial charge in [-0.1, -0.05) is 36.4 Å². The molecule has 0 spiro atoms. The second-order valence-electron chi connectivity index (χ2n) is 4.19. The molecule has 0 aromatic heterocycles. The number of hydrogen-bond acceptors (Lipinski definition) is 3. The molecule has 0 unspecified atom stereocenters. The van der Waals surface area contributed by atoms with Gasteiger partial charge in [0.2, 0.25) is 6.79 Å². The number of benzene rings is 2. The number of rotatable bonds is 3. The monoisotopic (exact) mass is 254 g/mol. The van der Waals surface area contributed by atoms with E-state index in [1.807, 2.05) is 54.6 Å². The van der Waals surface area contributed by atoms with Crippen LogP contribution in [-0.2, 0) is 4.74 Å². The molecule has 19 heavy (non-hydrogen) atoms. The van der Waals surface area contributed by atoms with Crippen LogP contribution in [0.4, 0.5) is 0 Å². The Morgan fingerprint density at radius 2 is 1.84 bits per heavy atom. The fourth-order valence-corrected chi connectivity index (χ4v) is 2.02. The van der Waals surface area contributed by atoms with Crippen LogP contribution in [0.1, 0.15) is 11.1 Å². The normalized spacial score (nSPS) is 13.4. The van der Waals surface area contributed by atoms with Crippen LogP contribution in [0.5, 0.6) is 11.5 Å². The lowest BCUT2D eigenvalue weighted by Crippen LogP contribution is -1.92. The van der Waals surface area contributed by atoms with Gasteiger partial charge in [0.1, 0.15) is 5.76 Å². The van der Waals surface area contributed by atoms with E-state index in [9.17, 15) is 0 Å². The Labute approximate surface area is 112 Å². The highest BCUT2D eigenvalue weighted by Gasteiger charge is 2.13. The Morgan fingerprint density at radius 3 is 2.63 bits per heavy atom. The van der Waals surface area contributed by atoms with Gasteiger partial charge in [-0.2, -0.15) is 0 Å². The maximum atomic E-state index is 5.45. The summed E-state index contributed by atoms with van der Waals surface area (Å²) >= 11 is 0. The van der Waals surface area contributed by atoms with Crippen molar-refractivity contribution in [2.24, 2.45) is 0 Å². The highest BCUT2D eigenvalue weighted by atomic mass is 16.7. The Kier molecular flexibility index (Phi) is 3.11. The summed E-state index contributed by atoms with van der Waals surface area (Å²) in [6, 6.07) is 15.8. The maximum Gasteiger partial charge on any atom is 0.231 e. The molecule has 0 atom stereocenters. The van der Waals surface area contributed by atoms with Gasteiger partial charge in [0.05, 0.1) is 7.11 Å². The Hall–Kier alpha value is -2.42. The third-order valence-electron chi connectivity index (χ3n) is 2.97.